The van der Waals surface area contributed by atoms with E-state index in [1.54, 1.807) is 18.2 Å². The molecule has 4 rings (SSSR count). The highest BCUT2D eigenvalue weighted by Crippen LogP contribution is 2.33. The van der Waals surface area contributed by atoms with E-state index in [-0.39, 0.29) is 0 Å². The quantitative estimate of drug-likeness (QED) is 0.545. The molecule has 29 heavy (non-hydrogen) atoms. The zero-order valence-corrected chi connectivity index (χ0v) is 16.4. The number of rotatable bonds is 5. The summed E-state index contributed by atoms with van der Waals surface area (Å²) in [5.74, 6) is -0.580. The van der Waals surface area contributed by atoms with Gasteiger partial charge in [0.1, 0.15) is 0 Å². The molecule has 2 amide bonds. The standard InChI is InChI=1S/C24H22N3O2/c1-14(2)16-9-10-18-21(12-16)27(13-15-5-3-6-17(11-15)23(25)28)20-8-4-7-19(22(18)20)24(26)29/h3-9,11-12,14H,13H2,1-2H3,(H2,25,28)(H2,26,29). The zero-order chi connectivity index (χ0) is 20.7. The average Bonchev–Trinajstić information content (AvgIpc) is 3.01. The number of hydrogen-bond donors (Lipinski definition) is 2. The van der Waals surface area contributed by atoms with Crippen molar-refractivity contribution in [3.05, 3.63) is 82.9 Å². The van der Waals surface area contributed by atoms with E-state index < -0.39 is 11.8 Å². The maximum absolute atomic E-state index is 12.1. The monoisotopic (exact) mass is 384 g/mol. The molecule has 4 N–H and O–H groups in total. The lowest BCUT2D eigenvalue weighted by molar-refractivity contribution is 0.0992. The van der Waals surface area contributed by atoms with Gasteiger partial charge < -0.3 is 16.0 Å². The SMILES string of the molecule is CC(C)c1c[c]c2c3c(C(N)=O)cccc3n(Cc3cccc(C(N)=O)c3)c2c1. The maximum atomic E-state index is 12.1. The van der Waals surface area contributed by atoms with Gasteiger partial charge in [-0.2, -0.15) is 0 Å². The van der Waals surface area contributed by atoms with Gasteiger partial charge in [0.05, 0.1) is 11.0 Å². The third-order valence-electron chi connectivity index (χ3n) is 5.30. The van der Waals surface area contributed by atoms with E-state index in [9.17, 15) is 9.59 Å². The minimum atomic E-state index is -0.466. The molecule has 0 spiro atoms. The summed E-state index contributed by atoms with van der Waals surface area (Å²) in [7, 11) is 0. The normalized spacial score (nSPS) is 11.4. The first-order chi connectivity index (χ1) is 13.9. The Morgan fingerprint density at radius 3 is 2.45 bits per heavy atom. The Morgan fingerprint density at radius 1 is 1.00 bits per heavy atom. The lowest BCUT2D eigenvalue weighted by Gasteiger charge is -2.11. The first-order valence-corrected chi connectivity index (χ1v) is 9.52. The van der Waals surface area contributed by atoms with Crippen molar-refractivity contribution in [1.82, 2.24) is 4.57 Å². The van der Waals surface area contributed by atoms with Crippen LogP contribution in [0.4, 0.5) is 0 Å². The van der Waals surface area contributed by atoms with Gasteiger partial charge in [-0.15, -0.1) is 0 Å². The van der Waals surface area contributed by atoms with Crippen LogP contribution in [0, 0.1) is 6.07 Å². The van der Waals surface area contributed by atoms with Crippen molar-refractivity contribution in [2.75, 3.05) is 0 Å². The first-order valence-electron chi connectivity index (χ1n) is 9.52. The lowest BCUT2D eigenvalue weighted by atomic mass is 10.00. The number of benzene rings is 3. The van der Waals surface area contributed by atoms with Gasteiger partial charge in [0, 0.05) is 28.4 Å². The molecule has 0 unspecified atom stereocenters. The van der Waals surface area contributed by atoms with E-state index in [1.807, 2.05) is 30.3 Å². The number of hydrogen-bond acceptors (Lipinski definition) is 2. The summed E-state index contributed by atoms with van der Waals surface area (Å²) in [6.07, 6.45) is 0. The molecule has 1 aromatic heterocycles. The number of aromatic nitrogens is 1. The topological polar surface area (TPSA) is 91.1 Å². The number of amides is 2. The fourth-order valence-electron chi connectivity index (χ4n) is 3.79. The fourth-order valence-corrected chi connectivity index (χ4v) is 3.79. The van der Waals surface area contributed by atoms with Crippen molar-refractivity contribution in [1.29, 1.82) is 0 Å². The number of primary amides is 2. The Kier molecular flexibility index (Phi) is 4.59. The molecule has 5 nitrogen and oxygen atoms in total. The summed E-state index contributed by atoms with van der Waals surface area (Å²) < 4.78 is 2.14. The highest BCUT2D eigenvalue weighted by Gasteiger charge is 2.18. The lowest BCUT2D eigenvalue weighted by Crippen LogP contribution is -2.12. The van der Waals surface area contributed by atoms with Crippen LogP contribution in [-0.4, -0.2) is 16.4 Å². The van der Waals surface area contributed by atoms with Crippen molar-refractivity contribution >= 4 is 33.6 Å². The van der Waals surface area contributed by atoms with Gasteiger partial charge in [0.15, 0.2) is 0 Å². The number of nitrogens with zero attached hydrogens (tertiary/aromatic N) is 1. The van der Waals surface area contributed by atoms with E-state index in [0.717, 1.165) is 32.9 Å². The van der Waals surface area contributed by atoms with Crippen molar-refractivity contribution < 1.29 is 9.59 Å². The van der Waals surface area contributed by atoms with Gasteiger partial charge in [-0.05, 0) is 53.4 Å². The third kappa shape index (κ3) is 3.25. The van der Waals surface area contributed by atoms with E-state index in [0.29, 0.717) is 23.6 Å². The second-order valence-corrected chi connectivity index (χ2v) is 7.56. The number of nitrogens with two attached hydrogens (primary N) is 2. The Bertz CT molecular complexity index is 1270. The van der Waals surface area contributed by atoms with Gasteiger partial charge in [0.2, 0.25) is 11.8 Å². The van der Waals surface area contributed by atoms with Crippen LogP contribution in [0.1, 0.15) is 51.6 Å². The van der Waals surface area contributed by atoms with Crippen LogP contribution in [-0.2, 0) is 6.54 Å². The third-order valence-corrected chi connectivity index (χ3v) is 5.30. The summed E-state index contributed by atoms with van der Waals surface area (Å²) in [5, 5.41) is 1.67. The molecule has 1 heterocycles. The minimum Gasteiger partial charge on any atom is -0.366 e. The summed E-state index contributed by atoms with van der Waals surface area (Å²) in [5.41, 5.74) is 16.0. The summed E-state index contributed by atoms with van der Waals surface area (Å²) in [4.78, 5) is 23.6. The molecule has 5 heteroatoms. The summed E-state index contributed by atoms with van der Waals surface area (Å²) >= 11 is 0. The molecule has 145 valence electrons. The highest BCUT2D eigenvalue weighted by atomic mass is 16.1. The molecule has 0 bridgehead atoms. The van der Waals surface area contributed by atoms with E-state index in [4.69, 9.17) is 11.5 Å². The number of carbonyl (C=O) groups excluding carboxylic acids is 2. The average molecular weight is 384 g/mol. The number of carbonyl (C=O) groups is 2. The maximum Gasteiger partial charge on any atom is 0.249 e. The van der Waals surface area contributed by atoms with Gasteiger partial charge in [0.25, 0.3) is 0 Å². The summed E-state index contributed by atoms with van der Waals surface area (Å²) in [6, 6.07) is 20.3. The van der Waals surface area contributed by atoms with E-state index in [2.05, 4.69) is 30.5 Å². The molecule has 0 aliphatic carbocycles. The van der Waals surface area contributed by atoms with Gasteiger partial charge in [-0.25, -0.2) is 0 Å². The molecule has 4 aromatic rings. The van der Waals surface area contributed by atoms with Gasteiger partial charge in [-0.3, -0.25) is 9.59 Å². The molecule has 0 saturated heterocycles. The van der Waals surface area contributed by atoms with E-state index >= 15 is 0 Å². The molecule has 3 aromatic carbocycles. The van der Waals surface area contributed by atoms with Crippen molar-refractivity contribution in [3.8, 4) is 0 Å². The predicted molar refractivity (Wildman–Crippen MR) is 115 cm³/mol. The molecule has 0 fully saturated rings. The largest absolute Gasteiger partial charge is 0.366 e. The Balaban J connectivity index is 2.01. The Morgan fingerprint density at radius 2 is 1.76 bits per heavy atom. The second kappa shape index (κ2) is 7.09. The van der Waals surface area contributed by atoms with Crippen molar-refractivity contribution in [2.45, 2.75) is 26.3 Å². The molecule has 0 atom stereocenters. The fraction of sp³-hybridized carbons (Fsp3) is 0.167. The number of fused-ring (bicyclic) bond motifs is 3. The predicted octanol–water partition coefficient (Wildman–Crippen LogP) is 3.96. The molecule has 0 saturated carbocycles. The van der Waals surface area contributed by atoms with E-state index in [1.165, 1.54) is 0 Å². The van der Waals surface area contributed by atoms with Gasteiger partial charge in [-0.1, -0.05) is 38.1 Å². The molecular formula is C24H22N3O2. The zero-order valence-electron chi connectivity index (χ0n) is 16.4. The van der Waals surface area contributed by atoms with Crippen LogP contribution in [0.25, 0.3) is 21.8 Å². The van der Waals surface area contributed by atoms with Crippen LogP contribution >= 0.6 is 0 Å². The molecule has 1 radical (unpaired) electrons. The Hall–Kier alpha value is -3.60. The molecule has 0 aliphatic heterocycles. The van der Waals surface area contributed by atoms with Crippen LogP contribution in [0.15, 0.2) is 54.6 Å². The minimum absolute atomic E-state index is 0.343. The second-order valence-electron chi connectivity index (χ2n) is 7.56. The highest BCUT2D eigenvalue weighted by molar-refractivity contribution is 6.17. The smallest absolute Gasteiger partial charge is 0.249 e. The molecular weight excluding hydrogens is 362 g/mol. The van der Waals surface area contributed by atoms with Gasteiger partial charge >= 0.3 is 0 Å². The first kappa shape index (κ1) is 18.7. The van der Waals surface area contributed by atoms with Crippen LogP contribution in [0.2, 0.25) is 0 Å². The van der Waals surface area contributed by atoms with Crippen molar-refractivity contribution in [3.63, 3.8) is 0 Å². The Labute approximate surface area is 168 Å². The summed E-state index contributed by atoms with van der Waals surface area (Å²) in [6.45, 7) is 4.79. The van der Waals surface area contributed by atoms with Crippen LogP contribution in [0.3, 0.4) is 0 Å². The van der Waals surface area contributed by atoms with Crippen LogP contribution < -0.4 is 11.5 Å². The van der Waals surface area contributed by atoms with Crippen molar-refractivity contribution in [2.24, 2.45) is 11.5 Å². The van der Waals surface area contributed by atoms with Crippen LogP contribution in [0.5, 0.6) is 0 Å². The molecule has 0 aliphatic rings.